The van der Waals surface area contributed by atoms with Gasteiger partial charge in [0.15, 0.2) is 0 Å². The van der Waals surface area contributed by atoms with Crippen LogP contribution in [0.1, 0.15) is 12.0 Å². The zero-order valence-corrected chi connectivity index (χ0v) is 15.0. The Morgan fingerprint density at radius 1 is 1.11 bits per heavy atom. The number of hydrogen-bond acceptors (Lipinski definition) is 4. The molecule has 1 aromatic carbocycles. The van der Waals surface area contributed by atoms with Crippen molar-refractivity contribution in [1.82, 2.24) is 19.7 Å². The highest BCUT2D eigenvalue weighted by Crippen LogP contribution is 2.17. The largest absolute Gasteiger partial charge is 0.380 e. The number of benzene rings is 1. The monoisotopic (exact) mass is 362 g/mol. The summed E-state index contributed by atoms with van der Waals surface area (Å²) in [5.41, 5.74) is 2.85. The first-order valence-electron chi connectivity index (χ1n) is 9.05. The number of carbonyl (C=O) groups excluding carboxylic acids is 1. The molecule has 3 heterocycles. The van der Waals surface area contributed by atoms with Gasteiger partial charge in [0.25, 0.3) is 0 Å². The summed E-state index contributed by atoms with van der Waals surface area (Å²) in [7, 11) is 0. The summed E-state index contributed by atoms with van der Waals surface area (Å²) in [4.78, 5) is 18.5. The van der Waals surface area contributed by atoms with E-state index < -0.39 is 0 Å². The SMILES string of the molecule is O=C(Nc1cnn(Cc2cccnc2)c1)N1CCC(Nc2ccccc2)C1. The van der Waals surface area contributed by atoms with Gasteiger partial charge >= 0.3 is 6.03 Å². The number of rotatable bonds is 5. The van der Waals surface area contributed by atoms with Crippen LogP contribution in [0.3, 0.4) is 0 Å². The Labute approximate surface area is 158 Å². The van der Waals surface area contributed by atoms with E-state index in [1.807, 2.05) is 59.8 Å². The number of nitrogens with one attached hydrogen (secondary N) is 2. The number of hydrogen-bond donors (Lipinski definition) is 2. The Kier molecular flexibility index (Phi) is 5.00. The number of amides is 2. The van der Waals surface area contributed by atoms with E-state index in [9.17, 15) is 4.79 Å². The van der Waals surface area contributed by atoms with E-state index in [0.29, 0.717) is 18.8 Å². The van der Waals surface area contributed by atoms with Crippen LogP contribution in [0.15, 0.2) is 67.3 Å². The molecule has 138 valence electrons. The van der Waals surface area contributed by atoms with Crippen LogP contribution < -0.4 is 10.6 Å². The Morgan fingerprint density at radius 3 is 2.81 bits per heavy atom. The van der Waals surface area contributed by atoms with Gasteiger partial charge in [-0.25, -0.2) is 4.79 Å². The van der Waals surface area contributed by atoms with Gasteiger partial charge in [-0.3, -0.25) is 9.67 Å². The van der Waals surface area contributed by atoms with Crippen LogP contribution in [0.25, 0.3) is 0 Å². The van der Waals surface area contributed by atoms with Gasteiger partial charge in [0, 0.05) is 43.4 Å². The zero-order valence-electron chi connectivity index (χ0n) is 15.0. The van der Waals surface area contributed by atoms with Crippen LogP contribution in [0.5, 0.6) is 0 Å². The van der Waals surface area contributed by atoms with Crippen LogP contribution in [-0.4, -0.2) is 44.8 Å². The number of aromatic nitrogens is 3. The van der Waals surface area contributed by atoms with Crippen molar-refractivity contribution in [1.29, 1.82) is 0 Å². The van der Waals surface area contributed by atoms with Gasteiger partial charge in [-0.1, -0.05) is 24.3 Å². The standard InChI is InChI=1S/C20H22N6O/c27-20(25-10-8-18(14-25)23-17-6-2-1-3-7-17)24-19-12-22-26(15-19)13-16-5-4-9-21-11-16/h1-7,9,11-12,15,18,23H,8,10,13-14H2,(H,24,27). The highest BCUT2D eigenvalue weighted by atomic mass is 16.2. The van der Waals surface area contributed by atoms with Crippen molar-refractivity contribution in [3.63, 3.8) is 0 Å². The lowest BCUT2D eigenvalue weighted by Crippen LogP contribution is -2.34. The van der Waals surface area contributed by atoms with Gasteiger partial charge in [-0.2, -0.15) is 5.10 Å². The van der Waals surface area contributed by atoms with Crippen LogP contribution in [0.4, 0.5) is 16.2 Å². The van der Waals surface area contributed by atoms with Crippen molar-refractivity contribution in [2.45, 2.75) is 19.0 Å². The minimum atomic E-state index is -0.0895. The van der Waals surface area contributed by atoms with E-state index in [1.165, 1.54) is 0 Å². The van der Waals surface area contributed by atoms with E-state index in [0.717, 1.165) is 24.2 Å². The summed E-state index contributed by atoms with van der Waals surface area (Å²) in [5.74, 6) is 0. The van der Waals surface area contributed by atoms with Crippen molar-refractivity contribution in [3.05, 3.63) is 72.8 Å². The molecule has 4 rings (SSSR count). The van der Waals surface area contributed by atoms with Gasteiger partial charge in [-0.05, 0) is 30.2 Å². The fourth-order valence-electron chi connectivity index (χ4n) is 3.23. The molecule has 1 atom stereocenters. The van der Waals surface area contributed by atoms with Crippen LogP contribution in [0, 0.1) is 0 Å². The topological polar surface area (TPSA) is 75.1 Å². The second kappa shape index (κ2) is 7.90. The molecular formula is C20H22N6O. The smallest absolute Gasteiger partial charge is 0.322 e. The summed E-state index contributed by atoms with van der Waals surface area (Å²) in [6.45, 7) is 2.04. The van der Waals surface area contributed by atoms with E-state index in [1.54, 1.807) is 17.1 Å². The van der Waals surface area contributed by atoms with Crippen molar-refractivity contribution in [2.75, 3.05) is 23.7 Å². The quantitative estimate of drug-likeness (QED) is 0.731. The molecule has 0 bridgehead atoms. The molecule has 1 unspecified atom stereocenters. The van der Waals surface area contributed by atoms with Gasteiger partial charge in [0.1, 0.15) is 0 Å². The summed E-state index contributed by atoms with van der Waals surface area (Å²) in [6, 6.07) is 14.2. The number of likely N-dealkylation sites (tertiary alicyclic amines) is 1. The lowest BCUT2D eigenvalue weighted by molar-refractivity contribution is 0.222. The Balaban J connectivity index is 1.29. The molecule has 7 heteroatoms. The second-order valence-electron chi connectivity index (χ2n) is 6.66. The zero-order chi connectivity index (χ0) is 18.5. The first kappa shape index (κ1) is 17.1. The molecule has 1 fully saturated rings. The lowest BCUT2D eigenvalue weighted by atomic mass is 10.2. The number of pyridine rings is 1. The van der Waals surface area contributed by atoms with E-state index in [-0.39, 0.29) is 12.1 Å². The maximum atomic E-state index is 12.5. The molecule has 0 saturated carbocycles. The average Bonchev–Trinajstić information content (AvgIpc) is 3.33. The van der Waals surface area contributed by atoms with Gasteiger partial charge in [0.2, 0.25) is 0 Å². The average molecular weight is 362 g/mol. The number of nitrogens with zero attached hydrogens (tertiary/aromatic N) is 4. The number of para-hydroxylation sites is 1. The Morgan fingerprint density at radius 2 is 2.00 bits per heavy atom. The van der Waals surface area contributed by atoms with Crippen LogP contribution in [-0.2, 0) is 6.54 Å². The maximum Gasteiger partial charge on any atom is 0.322 e. The fourth-order valence-corrected chi connectivity index (χ4v) is 3.23. The Hall–Kier alpha value is -3.35. The van der Waals surface area contributed by atoms with Crippen molar-refractivity contribution >= 4 is 17.4 Å². The highest BCUT2D eigenvalue weighted by Gasteiger charge is 2.26. The van der Waals surface area contributed by atoms with Crippen LogP contribution >= 0.6 is 0 Å². The van der Waals surface area contributed by atoms with E-state index in [2.05, 4.69) is 20.7 Å². The van der Waals surface area contributed by atoms with Gasteiger partial charge in [0.05, 0.1) is 18.4 Å². The van der Waals surface area contributed by atoms with E-state index in [4.69, 9.17) is 0 Å². The molecule has 2 amide bonds. The third-order valence-corrected chi connectivity index (χ3v) is 4.57. The minimum Gasteiger partial charge on any atom is -0.380 e. The highest BCUT2D eigenvalue weighted by molar-refractivity contribution is 5.89. The predicted octanol–water partition coefficient (Wildman–Crippen LogP) is 3.04. The third kappa shape index (κ3) is 4.44. The van der Waals surface area contributed by atoms with Crippen molar-refractivity contribution in [2.24, 2.45) is 0 Å². The molecule has 27 heavy (non-hydrogen) atoms. The second-order valence-corrected chi connectivity index (χ2v) is 6.66. The summed E-state index contributed by atoms with van der Waals surface area (Å²) < 4.78 is 1.79. The summed E-state index contributed by atoms with van der Waals surface area (Å²) >= 11 is 0. The molecule has 0 radical (unpaired) electrons. The van der Waals surface area contributed by atoms with Gasteiger partial charge < -0.3 is 15.5 Å². The number of anilines is 2. The molecule has 2 N–H and O–H groups in total. The van der Waals surface area contributed by atoms with Gasteiger partial charge in [-0.15, -0.1) is 0 Å². The fraction of sp³-hybridized carbons (Fsp3) is 0.250. The summed E-state index contributed by atoms with van der Waals surface area (Å²) in [5, 5.41) is 10.7. The molecule has 1 aliphatic rings. The molecule has 0 spiro atoms. The first-order chi connectivity index (χ1) is 13.3. The lowest BCUT2D eigenvalue weighted by Gasteiger charge is -2.17. The Bertz CT molecular complexity index is 880. The molecule has 2 aromatic heterocycles. The molecule has 3 aromatic rings. The third-order valence-electron chi connectivity index (χ3n) is 4.57. The number of urea groups is 1. The molecule has 1 saturated heterocycles. The minimum absolute atomic E-state index is 0.0895. The van der Waals surface area contributed by atoms with Crippen molar-refractivity contribution < 1.29 is 4.79 Å². The molecular weight excluding hydrogens is 340 g/mol. The van der Waals surface area contributed by atoms with Crippen LogP contribution in [0.2, 0.25) is 0 Å². The van der Waals surface area contributed by atoms with E-state index >= 15 is 0 Å². The number of carbonyl (C=O) groups is 1. The normalized spacial score (nSPS) is 16.3. The first-order valence-corrected chi connectivity index (χ1v) is 9.05. The summed E-state index contributed by atoms with van der Waals surface area (Å²) in [6.07, 6.45) is 7.99. The molecule has 0 aliphatic carbocycles. The molecule has 7 nitrogen and oxygen atoms in total. The predicted molar refractivity (Wildman–Crippen MR) is 105 cm³/mol. The molecule has 1 aliphatic heterocycles. The maximum absolute atomic E-state index is 12.5. The van der Waals surface area contributed by atoms with Crippen molar-refractivity contribution in [3.8, 4) is 0 Å².